The number of benzene rings is 1. The van der Waals surface area contributed by atoms with Gasteiger partial charge in [-0.15, -0.1) is 12.6 Å². The van der Waals surface area contributed by atoms with Gasteiger partial charge in [0.15, 0.2) is 0 Å². The lowest BCUT2D eigenvalue weighted by atomic mass is 10.1. The van der Waals surface area contributed by atoms with Crippen LogP contribution in [0.1, 0.15) is 19.4 Å². The molecule has 0 atom stereocenters. The predicted octanol–water partition coefficient (Wildman–Crippen LogP) is 4.38. The number of allylic oxidation sites excluding steroid dienone is 1. The summed E-state index contributed by atoms with van der Waals surface area (Å²) in [4.78, 5) is 1.11. The molecule has 0 spiro atoms. The van der Waals surface area contributed by atoms with E-state index < -0.39 is 0 Å². The number of hydrogen-bond acceptors (Lipinski definition) is 1. The second-order valence-corrected chi connectivity index (χ2v) is 4.71. The van der Waals surface area contributed by atoms with Crippen LogP contribution < -0.4 is 0 Å². The number of hydrogen-bond donors (Lipinski definition) is 1. The van der Waals surface area contributed by atoms with E-state index in [0.717, 1.165) is 9.38 Å². The molecule has 2 heteroatoms. The molecule has 0 heterocycles. The summed E-state index contributed by atoms with van der Waals surface area (Å²) in [5, 5.41) is 0. The van der Waals surface area contributed by atoms with Crippen molar-refractivity contribution >= 4 is 34.6 Å². The van der Waals surface area contributed by atoms with Crippen LogP contribution in [0.2, 0.25) is 0 Å². The van der Waals surface area contributed by atoms with E-state index in [1.807, 2.05) is 12.1 Å². The summed E-state index contributed by atoms with van der Waals surface area (Å²) in [7, 11) is 0. The first-order valence-corrected chi connectivity index (χ1v) is 5.49. The molecular formula is C11H13BrS. The van der Waals surface area contributed by atoms with Crippen molar-refractivity contribution in [3.63, 3.8) is 0 Å². The molecule has 13 heavy (non-hydrogen) atoms. The maximum Gasteiger partial charge on any atom is 0.0175 e. The summed E-state index contributed by atoms with van der Waals surface area (Å²) in [6, 6.07) is 8.21. The van der Waals surface area contributed by atoms with E-state index in [1.165, 1.54) is 5.56 Å². The number of rotatable bonds is 2. The Balaban J connectivity index is 2.85. The van der Waals surface area contributed by atoms with E-state index in [-0.39, 0.29) is 0 Å². The van der Waals surface area contributed by atoms with Gasteiger partial charge in [0, 0.05) is 4.47 Å². The minimum Gasteiger partial charge on any atom is -0.148 e. The molecule has 0 fully saturated rings. The molecule has 1 aromatic carbocycles. The average Bonchev–Trinajstić information content (AvgIpc) is 2.08. The topological polar surface area (TPSA) is 0 Å². The van der Waals surface area contributed by atoms with Gasteiger partial charge in [-0.2, -0.15) is 0 Å². The number of thiol groups is 1. The largest absolute Gasteiger partial charge is 0.148 e. The van der Waals surface area contributed by atoms with E-state index >= 15 is 0 Å². The summed E-state index contributed by atoms with van der Waals surface area (Å²) in [6.07, 6.45) is 2.10. The minimum atomic E-state index is 0.493. The molecule has 0 radical (unpaired) electrons. The van der Waals surface area contributed by atoms with Gasteiger partial charge in [0.05, 0.1) is 0 Å². The fourth-order valence-electron chi connectivity index (χ4n) is 0.896. The third kappa shape index (κ3) is 3.57. The van der Waals surface area contributed by atoms with Crippen molar-refractivity contribution in [3.8, 4) is 0 Å². The fraction of sp³-hybridized carbons (Fsp3) is 0.273. The van der Waals surface area contributed by atoms with Crippen LogP contribution in [0.4, 0.5) is 0 Å². The van der Waals surface area contributed by atoms with Crippen molar-refractivity contribution in [1.29, 1.82) is 0 Å². The predicted molar refractivity (Wildman–Crippen MR) is 65.9 cm³/mol. The highest BCUT2D eigenvalue weighted by Crippen LogP contribution is 2.19. The zero-order valence-corrected chi connectivity index (χ0v) is 10.3. The smallest absolute Gasteiger partial charge is 0.0175 e. The summed E-state index contributed by atoms with van der Waals surface area (Å²) >= 11 is 7.81. The number of halogens is 1. The van der Waals surface area contributed by atoms with Gasteiger partial charge in [-0.1, -0.05) is 41.9 Å². The molecule has 1 rings (SSSR count). The van der Waals surface area contributed by atoms with Gasteiger partial charge in [-0.3, -0.25) is 0 Å². The summed E-state index contributed by atoms with van der Waals surface area (Å²) in [5.41, 5.74) is 1.20. The minimum absolute atomic E-state index is 0.493. The van der Waals surface area contributed by atoms with E-state index in [2.05, 4.69) is 60.6 Å². The molecule has 70 valence electrons. The van der Waals surface area contributed by atoms with Gasteiger partial charge < -0.3 is 0 Å². The molecule has 0 saturated carbocycles. The Kier molecular flexibility index (Phi) is 4.07. The Labute approximate surface area is 93.6 Å². The molecule has 0 aromatic heterocycles. The maximum atomic E-state index is 4.41. The van der Waals surface area contributed by atoms with Gasteiger partial charge in [0.2, 0.25) is 0 Å². The first kappa shape index (κ1) is 10.9. The molecular weight excluding hydrogens is 244 g/mol. The van der Waals surface area contributed by atoms with E-state index in [4.69, 9.17) is 0 Å². The lowest BCUT2D eigenvalue weighted by molar-refractivity contribution is 0.823. The Morgan fingerprint density at radius 1 is 1.31 bits per heavy atom. The Morgan fingerprint density at radius 3 is 2.31 bits per heavy atom. The summed E-state index contributed by atoms with van der Waals surface area (Å²) in [6.45, 7) is 4.27. The van der Waals surface area contributed by atoms with Crippen molar-refractivity contribution in [2.75, 3.05) is 0 Å². The Hall–Kier alpha value is -0.210. The molecule has 0 N–H and O–H groups in total. The van der Waals surface area contributed by atoms with Crippen LogP contribution in [-0.4, -0.2) is 0 Å². The second-order valence-electron chi connectivity index (χ2n) is 3.28. The van der Waals surface area contributed by atoms with Crippen LogP contribution >= 0.6 is 28.6 Å². The van der Waals surface area contributed by atoms with Gasteiger partial charge in [0.25, 0.3) is 0 Å². The molecule has 0 aliphatic carbocycles. The van der Waals surface area contributed by atoms with Gasteiger partial charge in [0.1, 0.15) is 0 Å². The van der Waals surface area contributed by atoms with E-state index in [0.29, 0.717) is 5.92 Å². The Bertz CT molecular complexity index is 298. The van der Waals surface area contributed by atoms with Crippen molar-refractivity contribution in [3.05, 3.63) is 39.2 Å². The molecule has 0 aliphatic heterocycles. The van der Waals surface area contributed by atoms with Gasteiger partial charge in [-0.05, 0) is 34.6 Å². The molecule has 0 bridgehead atoms. The van der Waals surface area contributed by atoms with Crippen molar-refractivity contribution < 1.29 is 0 Å². The van der Waals surface area contributed by atoms with E-state index in [1.54, 1.807) is 0 Å². The first-order chi connectivity index (χ1) is 6.09. The molecule has 1 aromatic rings. The van der Waals surface area contributed by atoms with Gasteiger partial charge >= 0.3 is 0 Å². The first-order valence-electron chi connectivity index (χ1n) is 4.25. The maximum absolute atomic E-state index is 4.41. The third-order valence-corrected chi connectivity index (χ3v) is 2.95. The molecule has 0 unspecified atom stereocenters. The second kappa shape index (κ2) is 4.87. The van der Waals surface area contributed by atoms with Gasteiger partial charge in [-0.25, -0.2) is 0 Å². The molecule has 0 nitrogen and oxygen atoms in total. The fourth-order valence-corrected chi connectivity index (χ4v) is 1.31. The zero-order chi connectivity index (χ0) is 9.84. The highest BCUT2D eigenvalue weighted by Gasteiger charge is 1.97. The Morgan fingerprint density at radius 2 is 1.85 bits per heavy atom. The van der Waals surface area contributed by atoms with Crippen LogP contribution in [0.25, 0.3) is 6.08 Å². The average molecular weight is 257 g/mol. The van der Waals surface area contributed by atoms with Crippen LogP contribution in [0, 0.1) is 5.92 Å². The van der Waals surface area contributed by atoms with Crippen LogP contribution in [-0.2, 0) is 0 Å². The van der Waals surface area contributed by atoms with Crippen LogP contribution in [0.3, 0.4) is 0 Å². The molecule has 0 aliphatic rings. The standard InChI is InChI=1S/C11H13BrS/c1-8(2)11(13)7-9-3-5-10(12)6-4-9/h3-8,13H,1-2H3/b11-7-. The summed E-state index contributed by atoms with van der Waals surface area (Å²) in [5.74, 6) is 0.493. The van der Waals surface area contributed by atoms with Crippen molar-refractivity contribution in [2.24, 2.45) is 5.92 Å². The normalized spacial score (nSPS) is 12.2. The molecule has 0 saturated heterocycles. The quantitative estimate of drug-likeness (QED) is 0.747. The lowest BCUT2D eigenvalue weighted by Gasteiger charge is -2.03. The lowest BCUT2D eigenvalue weighted by Crippen LogP contribution is -1.85. The highest BCUT2D eigenvalue weighted by atomic mass is 79.9. The monoisotopic (exact) mass is 256 g/mol. The van der Waals surface area contributed by atoms with Crippen molar-refractivity contribution in [2.45, 2.75) is 13.8 Å². The van der Waals surface area contributed by atoms with Crippen LogP contribution in [0.15, 0.2) is 33.6 Å². The van der Waals surface area contributed by atoms with E-state index in [9.17, 15) is 0 Å². The van der Waals surface area contributed by atoms with Crippen molar-refractivity contribution in [1.82, 2.24) is 0 Å². The third-order valence-electron chi connectivity index (χ3n) is 1.78. The zero-order valence-electron chi connectivity index (χ0n) is 7.79. The molecule has 0 amide bonds. The van der Waals surface area contributed by atoms with Crippen LogP contribution in [0.5, 0.6) is 0 Å². The highest BCUT2D eigenvalue weighted by molar-refractivity contribution is 9.10. The SMILES string of the molecule is CC(C)/C(S)=C/c1ccc(Br)cc1. The summed E-state index contributed by atoms with van der Waals surface area (Å²) < 4.78 is 1.11.